The number of carbonyl (C=O) groups excluding carboxylic acids is 3. The van der Waals surface area contributed by atoms with Gasteiger partial charge < -0.3 is 34.1 Å². The Kier molecular flexibility index (Phi) is 14.1. The molecule has 0 spiro atoms. The molecule has 19 heteroatoms. The maximum absolute atomic E-state index is 17.2. The second kappa shape index (κ2) is 17.4. The van der Waals surface area contributed by atoms with Crippen molar-refractivity contribution in [3.05, 3.63) is 44.0 Å². The molecule has 0 aromatic heterocycles. The number of carbonyl (C=O) groups is 4. The minimum atomic E-state index is -2.21. The summed E-state index contributed by atoms with van der Waals surface area (Å²) in [5.41, 5.74) is -4.50. The summed E-state index contributed by atoms with van der Waals surface area (Å²) in [5, 5.41) is 37.0. The minimum absolute atomic E-state index is 0.0138. The maximum atomic E-state index is 17.2. The molecule has 0 aliphatic heterocycles. The van der Waals surface area contributed by atoms with E-state index in [-0.39, 0.29) is 76.0 Å². The van der Waals surface area contributed by atoms with Gasteiger partial charge in [-0.2, -0.15) is 0 Å². The van der Waals surface area contributed by atoms with Crippen molar-refractivity contribution in [2.45, 2.75) is 70.8 Å². The average molecular weight is 735 g/mol. The van der Waals surface area contributed by atoms with E-state index in [4.69, 9.17) is 19.3 Å². The lowest BCUT2D eigenvalue weighted by Gasteiger charge is -2.62. The first-order valence-corrected chi connectivity index (χ1v) is 16.4. The molecule has 0 saturated heterocycles. The molecule has 0 heterocycles. The highest BCUT2D eigenvalue weighted by Gasteiger charge is 2.73. The van der Waals surface area contributed by atoms with Crippen molar-refractivity contribution in [2.75, 3.05) is 46.2 Å². The number of hydrogen-bond acceptors (Lipinski definition) is 14. The van der Waals surface area contributed by atoms with Crippen molar-refractivity contribution >= 4 is 23.5 Å². The molecular weight excluding hydrogens is 690 g/mol. The molecule has 0 radical (unpaired) electrons. The molecule has 3 saturated carbocycles. The molecule has 0 aromatic rings. The lowest BCUT2D eigenvalue weighted by Crippen LogP contribution is -2.68. The van der Waals surface area contributed by atoms with Gasteiger partial charge >= 0.3 is 11.9 Å². The second-order valence-electron chi connectivity index (χ2n) is 13.5. The highest BCUT2D eigenvalue weighted by Crippen LogP contribution is 2.70. The molecule has 6 unspecified atom stereocenters. The van der Waals surface area contributed by atoms with Crippen molar-refractivity contribution in [1.82, 2.24) is 0 Å². The van der Waals surface area contributed by atoms with Crippen LogP contribution in [-0.4, -0.2) is 108 Å². The Labute approximate surface area is 291 Å². The van der Waals surface area contributed by atoms with Crippen LogP contribution in [0.1, 0.15) is 52.9 Å². The van der Waals surface area contributed by atoms with E-state index in [1.165, 1.54) is 19.1 Å². The number of aliphatic carboxylic acids is 1. The fourth-order valence-corrected chi connectivity index (χ4v) is 8.45. The smallest absolute Gasteiger partial charge is 0.332 e. The van der Waals surface area contributed by atoms with E-state index < -0.39 is 87.6 Å². The van der Waals surface area contributed by atoms with E-state index in [1.54, 1.807) is 0 Å². The fraction of sp³-hybridized carbons (Fsp3) is 0.750. The third-order valence-electron chi connectivity index (χ3n) is 10.4. The number of alkyl halides is 2. The quantitative estimate of drug-likeness (QED) is 0.0944. The Morgan fingerprint density at radius 1 is 0.980 bits per heavy atom. The molecule has 286 valence electrons. The van der Waals surface area contributed by atoms with Crippen LogP contribution in [0.15, 0.2) is 23.8 Å². The van der Waals surface area contributed by atoms with Crippen LogP contribution in [0, 0.1) is 54.7 Å². The summed E-state index contributed by atoms with van der Waals surface area (Å²) >= 11 is 0. The number of hydrogen-bond donors (Lipinski definition) is 2. The molecule has 0 amide bonds. The summed E-state index contributed by atoms with van der Waals surface area (Å²) in [6.45, 7) is 3.94. The van der Waals surface area contributed by atoms with Crippen molar-refractivity contribution in [3.8, 4) is 0 Å². The van der Waals surface area contributed by atoms with Crippen LogP contribution >= 0.6 is 0 Å². The van der Waals surface area contributed by atoms with Crippen LogP contribution in [0.2, 0.25) is 0 Å². The number of Topliss-reactive ketones (excluding diaryl/α,β-unsaturated/α-hetero) is 1. The third kappa shape index (κ3) is 9.42. The first-order chi connectivity index (χ1) is 23.9. The zero-order valence-electron chi connectivity index (χ0n) is 28.5. The largest absolute Gasteiger partial charge is 0.481 e. The van der Waals surface area contributed by atoms with E-state index in [0.29, 0.717) is 6.42 Å². The van der Waals surface area contributed by atoms with Crippen LogP contribution in [0.5, 0.6) is 0 Å². The van der Waals surface area contributed by atoms with Gasteiger partial charge in [-0.1, -0.05) is 19.9 Å². The summed E-state index contributed by atoms with van der Waals surface area (Å²) in [5.74, 6) is -4.66. The van der Waals surface area contributed by atoms with Gasteiger partial charge in [0.25, 0.3) is 10.2 Å². The van der Waals surface area contributed by atoms with Gasteiger partial charge in [-0.05, 0) is 67.6 Å². The van der Waals surface area contributed by atoms with Crippen molar-refractivity contribution in [1.29, 1.82) is 0 Å². The van der Waals surface area contributed by atoms with Crippen LogP contribution in [0.25, 0.3) is 0 Å². The number of fused-ring (bicyclic) bond motifs is 5. The van der Waals surface area contributed by atoms with Crippen molar-refractivity contribution in [3.63, 3.8) is 0 Å². The third-order valence-corrected chi connectivity index (χ3v) is 10.4. The summed E-state index contributed by atoms with van der Waals surface area (Å²) in [6, 6.07) is 0. The lowest BCUT2D eigenvalue weighted by molar-refractivity contribution is -0.758. The minimum Gasteiger partial charge on any atom is -0.481 e. The van der Waals surface area contributed by atoms with Crippen molar-refractivity contribution in [2.24, 2.45) is 34.5 Å². The van der Waals surface area contributed by atoms with Gasteiger partial charge in [0.15, 0.2) is 17.2 Å². The van der Waals surface area contributed by atoms with Gasteiger partial charge in [0, 0.05) is 23.7 Å². The van der Waals surface area contributed by atoms with E-state index in [1.807, 2.05) is 13.8 Å². The van der Waals surface area contributed by atoms with Crippen LogP contribution in [-0.2, 0) is 43.1 Å². The predicted octanol–water partition coefficient (Wildman–Crippen LogP) is 2.58. The van der Waals surface area contributed by atoms with Crippen LogP contribution in [0.4, 0.5) is 8.78 Å². The van der Waals surface area contributed by atoms with E-state index >= 15 is 8.78 Å². The number of carboxylic acid groups (broad SMARTS) is 1. The number of aliphatic hydroxyl groups excluding tert-OH is 1. The molecule has 4 aliphatic rings. The number of halogens is 2. The summed E-state index contributed by atoms with van der Waals surface area (Å²) in [6.07, 6.45) is 0.985. The Morgan fingerprint density at radius 3 is 2.25 bits per heavy atom. The summed E-state index contributed by atoms with van der Waals surface area (Å²) in [7, 11) is 0. The van der Waals surface area contributed by atoms with Crippen molar-refractivity contribution < 1.29 is 72.2 Å². The number of allylic oxidation sites excluding steroid dienone is 4. The molecule has 51 heavy (non-hydrogen) atoms. The molecule has 4 aliphatic carbocycles. The van der Waals surface area contributed by atoms with Crippen LogP contribution < -0.4 is 0 Å². The van der Waals surface area contributed by atoms with Gasteiger partial charge in [-0.3, -0.25) is 14.4 Å². The molecule has 4 rings (SSSR count). The van der Waals surface area contributed by atoms with E-state index in [0.717, 1.165) is 6.08 Å². The number of aliphatic hydroxyl groups is 1. The number of ether oxygens (including phenoxy) is 3. The number of carboxylic acids is 1. The molecule has 17 nitrogen and oxygen atoms in total. The van der Waals surface area contributed by atoms with Gasteiger partial charge in [0.2, 0.25) is 0 Å². The highest BCUT2D eigenvalue weighted by atomic mass is 19.1. The van der Waals surface area contributed by atoms with E-state index in [2.05, 4.69) is 9.68 Å². The first-order valence-electron chi connectivity index (χ1n) is 16.4. The molecule has 0 bridgehead atoms. The molecule has 3 fully saturated rings. The number of ketones is 2. The standard InChI is InChI=1S/C28H37F2NO10.C4H7NO5/c1-16-10-18-19-12-21(29)20-11-17(32)4-5-27(20,3)28(19,30)23(34)13-26(18,2)25(16)22(33)14-40-24(35)15-39-7-6-38-8-9-41-31(36)37;6-4(7)2-1-3-10-5(8)9/h4-5,11,16,18-19,21,23,25,34H,6-10,12-15H2,1-3H3;1-3H2,(H,6,7)/t16-,18?,19?,21+,23?,25?,26?,27?,28+;/m1./s1. The van der Waals surface area contributed by atoms with Crippen LogP contribution in [0.3, 0.4) is 0 Å². The Balaban J connectivity index is 0.000000612. The first kappa shape index (κ1) is 41.3. The fourth-order valence-electron chi connectivity index (χ4n) is 8.45. The monoisotopic (exact) mass is 734 g/mol. The normalized spacial score (nSPS) is 33.3. The Morgan fingerprint density at radius 2 is 1.61 bits per heavy atom. The highest BCUT2D eigenvalue weighted by molar-refractivity contribution is 6.01. The zero-order valence-corrected chi connectivity index (χ0v) is 28.5. The molecule has 2 N–H and O–H groups in total. The van der Waals surface area contributed by atoms with Gasteiger partial charge in [0.1, 0.15) is 26.0 Å². The van der Waals surface area contributed by atoms with Gasteiger partial charge in [0.05, 0.1) is 32.5 Å². The Hall–Kier alpha value is -4.10. The van der Waals surface area contributed by atoms with Gasteiger partial charge in [-0.25, -0.2) is 13.6 Å². The number of rotatable bonds is 17. The summed E-state index contributed by atoms with van der Waals surface area (Å²) < 4.78 is 48.0. The Bertz CT molecular complexity index is 1380. The SMILES string of the molecule is C[C@@H]1CC2C3C[C@H](F)C4=CC(=O)C=CC4(C)[C@@]3(F)C(O)CC2(C)C1C(=O)COC(=O)COCCOCCO[N+](=O)[O-].O=C(O)CCCO[N+](=O)[O-]. The average Bonchev–Trinajstić information content (AvgIpc) is 3.31. The molecular formula is C32H44F2N2O15. The zero-order chi connectivity index (χ0) is 38.1. The van der Waals surface area contributed by atoms with E-state index in [9.17, 15) is 44.5 Å². The summed E-state index contributed by atoms with van der Waals surface area (Å²) in [4.78, 5) is 74.8. The predicted molar refractivity (Wildman–Crippen MR) is 167 cm³/mol. The topological polar surface area (TPSA) is 241 Å². The maximum Gasteiger partial charge on any atom is 0.332 e. The second-order valence-corrected chi connectivity index (χ2v) is 13.5. The molecule has 9 atom stereocenters. The lowest BCUT2D eigenvalue weighted by atomic mass is 9.45. The number of nitrogens with zero attached hydrogens (tertiary/aromatic N) is 2. The number of esters is 1. The van der Waals surface area contributed by atoms with Gasteiger partial charge in [-0.15, -0.1) is 20.2 Å². The molecule has 0 aromatic carbocycles.